The molecule has 1 aromatic rings. The molecule has 0 aliphatic carbocycles. The second kappa shape index (κ2) is 2.60. The van der Waals surface area contributed by atoms with E-state index in [4.69, 9.17) is 5.53 Å². The molecule has 0 radical (unpaired) electrons. The van der Waals surface area contributed by atoms with Crippen LogP contribution in [0.3, 0.4) is 0 Å². The molecular weight excluding hydrogens is 156 g/mol. The Hall–Kier alpha value is -1.94. The molecule has 0 atom stereocenters. The molecule has 2 heterocycles. The van der Waals surface area contributed by atoms with Crippen molar-refractivity contribution in [2.45, 2.75) is 6.42 Å². The van der Waals surface area contributed by atoms with Gasteiger partial charge in [0.15, 0.2) is 5.82 Å². The summed E-state index contributed by atoms with van der Waals surface area (Å²) in [5, 5.41) is 3.39. The van der Waals surface area contributed by atoms with Gasteiger partial charge in [0.05, 0.1) is 5.69 Å². The van der Waals surface area contributed by atoms with E-state index in [-0.39, 0.29) is 0 Å². The summed E-state index contributed by atoms with van der Waals surface area (Å²) in [5.74, 6) is 0.302. The standard InChI is InChI=1S/C6H4N6/c7-12-11-6-5-4(1-2-8-5)9-3-10-6/h2-3H,1H2. The highest BCUT2D eigenvalue weighted by molar-refractivity contribution is 5.78. The molecule has 0 saturated heterocycles. The van der Waals surface area contributed by atoms with E-state index < -0.39 is 0 Å². The summed E-state index contributed by atoms with van der Waals surface area (Å²) >= 11 is 0. The Kier molecular flexibility index (Phi) is 1.46. The fourth-order valence-corrected chi connectivity index (χ4v) is 1.03. The molecule has 12 heavy (non-hydrogen) atoms. The van der Waals surface area contributed by atoms with Crippen LogP contribution in [0.2, 0.25) is 0 Å². The first kappa shape index (κ1) is 6.75. The molecule has 0 saturated carbocycles. The highest BCUT2D eigenvalue weighted by Crippen LogP contribution is 2.30. The minimum Gasteiger partial charge on any atom is -0.257 e. The Morgan fingerprint density at radius 1 is 1.50 bits per heavy atom. The summed E-state index contributed by atoms with van der Waals surface area (Å²) in [6.07, 6.45) is 3.78. The van der Waals surface area contributed by atoms with Crippen LogP contribution in [0.1, 0.15) is 5.69 Å². The van der Waals surface area contributed by atoms with Gasteiger partial charge < -0.3 is 0 Å². The SMILES string of the molecule is [N-]=[N+]=Nc1ncnc2c1N=CC2. The van der Waals surface area contributed by atoms with Crippen molar-refractivity contribution in [1.82, 2.24) is 9.97 Å². The molecule has 6 heteroatoms. The number of aromatic nitrogens is 2. The van der Waals surface area contributed by atoms with Gasteiger partial charge in [-0.3, -0.25) is 4.99 Å². The van der Waals surface area contributed by atoms with Crippen LogP contribution in [0.15, 0.2) is 16.4 Å². The van der Waals surface area contributed by atoms with Gasteiger partial charge in [-0.1, -0.05) is 0 Å². The lowest BCUT2D eigenvalue weighted by atomic mass is 10.3. The number of rotatable bonds is 1. The van der Waals surface area contributed by atoms with E-state index in [1.165, 1.54) is 6.33 Å². The van der Waals surface area contributed by atoms with Crippen molar-refractivity contribution in [3.63, 3.8) is 0 Å². The van der Waals surface area contributed by atoms with E-state index in [0.29, 0.717) is 17.9 Å². The highest BCUT2D eigenvalue weighted by Gasteiger charge is 2.11. The van der Waals surface area contributed by atoms with E-state index >= 15 is 0 Å². The van der Waals surface area contributed by atoms with Crippen molar-refractivity contribution >= 4 is 17.7 Å². The third-order valence-electron chi connectivity index (χ3n) is 1.52. The van der Waals surface area contributed by atoms with E-state index in [2.05, 4.69) is 25.0 Å². The van der Waals surface area contributed by atoms with E-state index in [1.807, 2.05) is 0 Å². The largest absolute Gasteiger partial charge is 0.257 e. The first-order valence-corrected chi connectivity index (χ1v) is 3.33. The summed E-state index contributed by atoms with van der Waals surface area (Å²) in [5.41, 5.74) is 9.60. The Morgan fingerprint density at radius 2 is 2.42 bits per heavy atom. The van der Waals surface area contributed by atoms with Crippen molar-refractivity contribution in [1.29, 1.82) is 0 Å². The topological polar surface area (TPSA) is 86.9 Å². The summed E-state index contributed by atoms with van der Waals surface area (Å²) in [6.45, 7) is 0. The average molecular weight is 160 g/mol. The summed E-state index contributed by atoms with van der Waals surface area (Å²) < 4.78 is 0. The lowest BCUT2D eigenvalue weighted by molar-refractivity contribution is 1.08. The molecule has 0 spiro atoms. The van der Waals surface area contributed by atoms with Gasteiger partial charge in [-0.15, -0.1) is 0 Å². The first-order valence-electron chi connectivity index (χ1n) is 3.33. The third kappa shape index (κ3) is 0.906. The predicted octanol–water partition coefficient (Wildman–Crippen LogP) is 1.68. The maximum absolute atomic E-state index is 8.20. The van der Waals surface area contributed by atoms with Crippen LogP contribution in [0.5, 0.6) is 0 Å². The molecule has 2 rings (SSSR count). The molecule has 0 aromatic carbocycles. The van der Waals surface area contributed by atoms with Gasteiger partial charge in [0.25, 0.3) is 0 Å². The molecule has 0 unspecified atom stereocenters. The summed E-state index contributed by atoms with van der Waals surface area (Å²) in [7, 11) is 0. The summed E-state index contributed by atoms with van der Waals surface area (Å²) in [6, 6.07) is 0. The number of hydrogen-bond acceptors (Lipinski definition) is 4. The molecule has 1 aliphatic rings. The molecule has 6 nitrogen and oxygen atoms in total. The van der Waals surface area contributed by atoms with Crippen LogP contribution in [-0.2, 0) is 6.42 Å². The van der Waals surface area contributed by atoms with Crippen LogP contribution in [0.4, 0.5) is 11.5 Å². The quantitative estimate of drug-likeness (QED) is 0.355. The third-order valence-corrected chi connectivity index (χ3v) is 1.52. The molecule has 1 aromatic heterocycles. The highest BCUT2D eigenvalue weighted by atomic mass is 15.2. The van der Waals surface area contributed by atoms with E-state index in [1.54, 1.807) is 6.21 Å². The van der Waals surface area contributed by atoms with Crippen molar-refractivity contribution in [3.05, 3.63) is 22.5 Å². The molecule has 0 bridgehead atoms. The minimum atomic E-state index is 0.302. The van der Waals surface area contributed by atoms with Crippen molar-refractivity contribution in [3.8, 4) is 0 Å². The maximum Gasteiger partial charge on any atom is 0.156 e. The zero-order valence-corrected chi connectivity index (χ0v) is 6.05. The zero-order valence-electron chi connectivity index (χ0n) is 6.05. The van der Waals surface area contributed by atoms with E-state index in [9.17, 15) is 0 Å². The van der Waals surface area contributed by atoms with Crippen molar-refractivity contribution in [2.24, 2.45) is 10.1 Å². The molecule has 0 amide bonds. The fourth-order valence-electron chi connectivity index (χ4n) is 1.03. The van der Waals surface area contributed by atoms with Crippen molar-refractivity contribution < 1.29 is 0 Å². The van der Waals surface area contributed by atoms with Gasteiger partial charge in [0.2, 0.25) is 0 Å². The Bertz CT molecular complexity index is 389. The summed E-state index contributed by atoms with van der Waals surface area (Å²) in [4.78, 5) is 14.4. The smallest absolute Gasteiger partial charge is 0.156 e. The van der Waals surface area contributed by atoms with Crippen LogP contribution >= 0.6 is 0 Å². The van der Waals surface area contributed by atoms with Gasteiger partial charge in [-0.2, -0.15) is 0 Å². The Labute approximate surface area is 67.6 Å². The lowest BCUT2D eigenvalue weighted by Gasteiger charge is -1.96. The van der Waals surface area contributed by atoms with E-state index in [0.717, 1.165) is 5.69 Å². The van der Waals surface area contributed by atoms with Crippen LogP contribution in [0.25, 0.3) is 10.4 Å². The zero-order chi connectivity index (χ0) is 8.39. The molecule has 0 fully saturated rings. The Balaban J connectivity index is 2.62. The van der Waals surface area contributed by atoms with Crippen LogP contribution in [0, 0.1) is 0 Å². The van der Waals surface area contributed by atoms with Crippen LogP contribution < -0.4 is 0 Å². The minimum absolute atomic E-state index is 0.302. The van der Waals surface area contributed by atoms with Gasteiger partial charge in [-0.05, 0) is 10.6 Å². The maximum atomic E-state index is 8.20. The normalized spacial score (nSPS) is 12.3. The number of fused-ring (bicyclic) bond motifs is 1. The average Bonchev–Trinajstić information content (AvgIpc) is 2.53. The van der Waals surface area contributed by atoms with Gasteiger partial charge >= 0.3 is 0 Å². The van der Waals surface area contributed by atoms with Crippen LogP contribution in [-0.4, -0.2) is 16.2 Å². The van der Waals surface area contributed by atoms with Gasteiger partial charge in [0.1, 0.15) is 12.0 Å². The second-order valence-electron chi connectivity index (χ2n) is 2.20. The van der Waals surface area contributed by atoms with Gasteiger partial charge in [-0.25, -0.2) is 9.97 Å². The molecule has 1 aliphatic heterocycles. The number of nitrogens with zero attached hydrogens (tertiary/aromatic N) is 6. The van der Waals surface area contributed by atoms with Gasteiger partial charge in [0, 0.05) is 17.5 Å². The fraction of sp³-hybridized carbons (Fsp3) is 0.167. The first-order chi connectivity index (χ1) is 5.92. The monoisotopic (exact) mass is 160 g/mol. The van der Waals surface area contributed by atoms with Crippen molar-refractivity contribution in [2.75, 3.05) is 0 Å². The molecule has 58 valence electrons. The second-order valence-corrected chi connectivity index (χ2v) is 2.20. The number of azide groups is 1. The Morgan fingerprint density at radius 3 is 3.25 bits per heavy atom. The number of aliphatic imine (C=N–C) groups is 1. The molecule has 0 N–H and O–H groups in total. The molecular formula is C6H4N6. The lowest BCUT2D eigenvalue weighted by Crippen LogP contribution is -1.86. The predicted molar refractivity (Wildman–Crippen MR) is 42.7 cm³/mol. The number of hydrogen-bond donors (Lipinski definition) is 0.